The fraction of sp³-hybridized carbons (Fsp3) is 0.130. The summed E-state index contributed by atoms with van der Waals surface area (Å²) in [5, 5.41) is 25.5. The molecule has 1 aliphatic heterocycles. The number of thiol groups is 1. The van der Waals surface area contributed by atoms with Crippen LogP contribution in [0, 0.1) is 11.3 Å². The lowest BCUT2D eigenvalue weighted by molar-refractivity contribution is -0.743. The van der Waals surface area contributed by atoms with Crippen LogP contribution >= 0.6 is 28.6 Å². The number of rotatable bonds is 3. The predicted octanol–water partition coefficient (Wildman–Crippen LogP) is 4.17. The van der Waals surface area contributed by atoms with Gasteiger partial charge in [-0.05, 0) is 11.6 Å². The summed E-state index contributed by atoms with van der Waals surface area (Å²) >= 11 is 8.19. The first-order chi connectivity index (χ1) is 14.1. The molecule has 0 spiro atoms. The standard InChI is InChI=1S/C23H18BrN3OS/c24-19-12-6-5-11-17(19)20-18(15-25)22(29)26-23(28,16-9-3-1-4-10-16)21(20)27-13-7-2-8-14-27/h1-14,20-21,26,28H/p+1. The van der Waals surface area contributed by atoms with Crippen molar-refractivity contribution in [3.63, 3.8) is 0 Å². The van der Waals surface area contributed by atoms with Crippen molar-refractivity contribution >= 4 is 28.6 Å². The van der Waals surface area contributed by atoms with Crippen LogP contribution in [-0.4, -0.2) is 5.11 Å². The normalized spacial score (nSPS) is 23.9. The van der Waals surface area contributed by atoms with E-state index in [0.29, 0.717) is 16.2 Å². The van der Waals surface area contributed by atoms with Gasteiger partial charge in [0.25, 0.3) is 0 Å². The summed E-state index contributed by atoms with van der Waals surface area (Å²) < 4.78 is 2.82. The van der Waals surface area contributed by atoms with Crippen LogP contribution in [0.15, 0.2) is 100 Å². The monoisotopic (exact) mass is 464 g/mol. The Morgan fingerprint density at radius 3 is 2.28 bits per heavy atom. The number of nitriles is 1. The molecule has 0 saturated carbocycles. The van der Waals surface area contributed by atoms with E-state index in [-0.39, 0.29) is 0 Å². The highest BCUT2D eigenvalue weighted by Gasteiger charge is 2.55. The van der Waals surface area contributed by atoms with E-state index < -0.39 is 17.7 Å². The van der Waals surface area contributed by atoms with Crippen LogP contribution in [0.25, 0.3) is 0 Å². The maximum absolute atomic E-state index is 12.0. The Bertz CT molecular complexity index is 1100. The van der Waals surface area contributed by atoms with Crippen molar-refractivity contribution in [2.45, 2.75) is 17.7 Å². The number of allylic oxidation sites excluding steroid dienone is 1. The zero-order valence-electron chi connectivity index (χ0n) is 15.4. The van der Waals surface area contributed by atoms with Crippen LogP contribution in [-0.2, 0) is 5.72 Å². The molecule has 0 saturated heterocycles. The average molecular weight is 465 g/mol. The molecule has 3 atom stereocenters. The van der Waals surface area contributed by atoms with Crippen LogP contribution in [0.2, 0.25) is 0 Å². The summed E-state index contributed by atoms with van der Waals surface area (Å²) in [6.07, 6.45) is 3.81. The van der Waals surface area contributed by atoms with Gasteiger partial charge in [0.2, 0.25) is 11.8 Å². The Kier molecular flexibility index (Phi) is 5.46. The quantitative estimate of drug-likeness (QED) is 0.402. The van der Waals surface area contributed by atoms with Gasteiger partial charge in [0.15, 0.2) is 12.4 Å². The van der Waals surface area contributed by atoms with Gasteiger partial charge in [-0.3, -0.25) is 0 Å². The number of hydrogen-bond donors (Lipinski definition) is 3. The molecule has 29 heavy (non-hydrogen) atoms. The molecule has 0 aliphatic carbocycles. The molecule has 3 aromatic rings. The van der Waals surface area contributed by atoms with Gasteiger partial charge in [-0.25, -0.2) is 0 Å². The van der Waals surface area contributed by atoms with Crippen LogP contribution in [0.5, 0.6) is 0 Å². The maximum atomic E-state index is 12.0. The highest BCUT2D eigenvalue weighted by Crippen LogP contribution is 2.48. The van der Waals surface area contributed by atoms with Crippen molar-refractivity contribution in [3.8, 4) is 6.07 Å². The number of nitrogens with one attached hydrogen (secondary N) is 1. The summed E-state index contributed by atoms with van der Waals surface area (Å²) in [6.45, 7) is 0. The number of aromatic nitrogens is 1. The van der Waals surface area contributed by atoms with E-state index in [0.717, 1.165) is 10.0 Å². The van der Waals surface area contributed by atoms with Crippen molar-refractivity contribution < 1.29 is 9.67 Å². The number of benzene rings is 2. The van der Waals surface area contributed by atoms with Gasteiger partial charge in [-0.2, -0.15) is 9.83 Å². The van der Waals surface area contributed by atoms with Crippen molar-refractivity contribution in [2.75, 3.05) is 0 Å². The first-order valence-corrected chi connectivity index (χ1v) is 10.4. The van der Waals surface area contributed by atoms with E-state index in [4.69, 9.17) is 0 Å². The van der Waals surface area contributed by atoms with Gasteiger partial charge < -0.3 is 10.4 Å². The topological polar surface area (TPSA) is 59.9 Å². The van der Waals surface area contributed by atoms with Gasteiger partial charge in [-0.15, -0.1) is 12.6 Å². The Hall–Kier alpha value is -2.59. The Balaban J connectivity index is 2.03. The van der Waals surface area contributed by atoms with Gasteiger partial charge in [0.1, 0.15) is 0 Å². The van der Waals surface area contributed by atoms with Crippen molar-refractivity contribution in [1.29, 1.82) is 5.26 Å². The summed E-state index contributed by atoms with van der Waals surface area (Å²) in [4.78, 5) is 0. The summed E-state index contributed by atoms with van der Waals surface area (Å²) in [7, 11) is 0. The van der Waals surface area contributed by atoms with Gasteiger partial charge in [0, 0.05) is 22.2 Å². The lowest BCUT2D eigenvalue weighted by Gasteiger charge is -2.42. The van der Waals surface area contributed by atoms with Crippen molar-refractivity contribution in [2.24, 2.45) is 0 Å². The molecule has 0 amide bonds. The molecular weight excluding hydrogens is 446 g/mol. The molecule has 0 radical (unpaired) electrons. The fourth-order valence-electron chi connectivity index (χ4n) is 3.96. The van der Waals surface area contributed by atoms with Crippen LogP contribution in [0.1, 0.15) is 23.1 Å². The molecule has 0 fully saturated rings. The molecule has 1 aliphatic rings. The minimum Gasteiger partial charge on any atom is -0.362 e. The third-order valence-corrected chi connectivity index (χ3v) is 6.33. The van der Waals surface area contributed by atoms with E-state index in [1.807, 2.05) is 89.8 Å². The SMILES string of the molecule is N#CC1=C(S)NC(O)(c2ccccc2)C([n+]2ccccc2)C1c1ccccc1Br. The van der Waals surface area contributed by atoms with Crippen LogP contribution in [0.4, 0.5) is 0 Å². The third kappa shape index (κ3) is 3.46. The molecule has 1 aromatic heterocycles. The number of halogens is 1. The zero-order chi connectivity index (χ0) is 20.4. The van der Waals surface area contributed by atoms with E-state index in [1.54, 1.807) is 0 Å². The van der Waals surface area contributed by atoms with E-state index >= 15 is 0 Å². The second kappa shape index (κ2) is 8.03. The number of pyridine rings is 1. The lowest BCUT2D eigenvalue weighted by Crippen LogP contribution is -2.62. The molecule has 2 aromatic carbocycles. The molecule has 0 bridgehead atoms. The highest BCUT2D eigenvalue weighted by atomic mass is 79.9. The summed E-state index contributed by atoms with van der Waals surface area (Å²) in [6, 6.07) is 24.7. The molecule has 2 heterocycles. The molecule has 6 heteroatoms. The Morgan fingerprint density at radius 2 is 1.62 bits per heavy atom. The minimum absolute atomic E-state index is 0.368. The second-order valence-electron chi connectivity index (χ2n) is 6.90. The molecule has 2 N–H and O–H groups in total. The zero-order valence-corrected chi connectivity index (χ0v) is 17.9. The third-order valence-electron chi connectivity index (χ3n) is 5.25. The largest absolute Gasteiger partial charge is 0.362 e. The van der Waals surface area contributed by atoms with Crippen molar-refractivity contribution in [1.82, 2.24) is 5.32 Å². The number of hydrogen-bond acceptors (Lipinski definition) is 4. The lowest BCUT2D eigenvalue weighted by atomic mass is 9.75. The van der Waals surface area contributed by atoms with Crippen LogP contribution < -0.4 is 9.88 Å². The van der Waals surface area contributed by atoms with Gasteiger partial charge in [0.05, 0.1) is 22.6 Å². The van der Waals surface area contributed by atoms with E-state index in [9.17, 15) is 10.4 Å². The second-order valence-corrected chi connectivity index (χ2v) is 8.20. The highest BCUT2D eigenvalue weighted by molar-refractivity contribution is 9.10. The molecule has 3 unspecified atom stereocenters. The summed E-state index contributed by atoms with van der Waals surface area (Å²) in [5.74, 6) is -0.429. The molecule has 4 rings (SSSR count). The van der Waals surface area contributed by atoms with E-state index in [1.165, 1.54) is 0 Å². The molecular formula is C23H19BrN3OS+. The Labute approximate surface area is 183 Å². The van der Waals surface area contributed by atoms with Crippen molar-refractivity contribution in [3.05, 3.63) is 111 Å². The minimum atomic E-state index is -1.48. The smallest absolute Gasteiger partial charge is 0.227 e. The number of aliphatic hydroxyl groups is 1. The van der Waals surface area contributed by atoms with Crippen LogP contribution in [0.3, 0.4) is 0 Å². The summed E-state index contributed by atoms with van der Waals surface area (Å²) in [5.41, 5.74) is 0.599. The van der Waals surface area contributed by atoms with Gasteiger partial charge >= 0.3 is 0 Å². The first-order valence-electron chi connectivity index (χ1n) is 9.16. The number of nitrogens with zero attached hydrogens (tertiary/aromatic N) is 2. The molecule has 144 valence electrons. The van der Waals surface area contributed by atoms with E-state index in [2.05, 4.69) is 39.9 Å². The first kappa shape index (κ1) is 19.7. The predicted molar refractivity (Wildman–Crippen MR) is 118 cm³/mol. The molecule has 4 nitrogen and oxygen atoms in total. The average Bonchev–Trinajstić information content (AvgIpc) is 2.75. The Morgan fingerprint density at radius 1 is 1.00 bits per heavy atom. The van der Waals surface area contributed by atoms with Gasteiger partial charge in [-0.1, -0.05) is 70.5 Å². The fourth-order valence-corrected chi connectivity index (χ4v) is 4.85. The maximum Gasteiger partial charge on any atom is 0.227 e.